The number of carbonyl (C=O) groups is 3. The predicted molar refractivity (Wildman–Crippen MR) is 232 cm³/mol. The highest BCUT2D eigenvalue weighted by Gasteiger charge is 2.36. The second-order valence-electron chi connectivity index (χ2n) is 17.6. The lowest BCUT2D eigenvalue weighted by Gasteiger charge is -2.47. The Morgan fingerprint density at radius 3 is 2.39 bits per heavy atom. The van der Waals surface area contributed by atoms with Gasteiger partial charge in [-0.25, -0.2) is 15.0 Å². The number of nitrogens with one attached hydrogen (secondary N) is 4. The molecule has 4 aromatic heterocycles. The van der Waals surface area contributed by atoms with E-state index in [9.17, 15) is 14.4 Å². The molecule has 2 aliphatic heterocycles. The third kappa shape index (κ3) is 8.34. The molecule has 1 aliphatic carbocycles. The summed E-state index contributed by atoms with van der Waals surface area (Å²) in [4.78, 5) is 63.4. The van der Waals surface area contributed by atoms with Gasteiger partial charge in [-0.2, -0.15) is 4.98 Å². The average Bonchev–Trinajstić information content (AvgIpc) is 3.92. The van der Waals surface area contributed by atoms with Crippen molar-refractivity contribution >= 4 is 40.3 Å². The Morgan fingerprint density at radius 2 is 1.70 bits per heavy atom. The molecule has 0 radical (unpaired) electrons. The first-order chi connectivity index (χ1) is 29.4. The van der Waals surface area contributed by atoms with Gasteiger partial charge in [0.2, 0.25) is 11.8 Å². The zero-order valence-electron chi connectivity index (χ0n) is 35.2. The number of hydrogen-bond donors (Lipinski definition) is 4. The Morgan fingerprint density at radius 1 is 0.934 bits per heavy atom. The molecule has 3 fully saturated rings. The van der Waals surface area contributed by atoms with Crippen LogP contribution < -0.4 is 20.9 Å². The van der Waals surface area contributed by atoms with Crippen LogP contribution in [0.15, 0.2) is 77.7 Å². The maximum atomic E-state index is 12.9. The first-order valence-corrected chi connectivity index (χ1v) is 21.1. The lowest BCUT2D eigenvalue weighted by Crippen LogP contribution is -2.53. The fourth-order valence-electron chi connectivity index (χ4n) is 8.68. The van der Waals surface area contributed by atoms with Crippen LogP contribution in [0.2, 0.25) is 0 Å². The molecule has 15 heteroatoms. The van der Waals surface area contributed by atoms with Gasteiger partial charge < -0.3 is 25.0 Å². The Hall–Kier alpha value is -6.48. The number of fused-ring (bicyclic) bond motifs is 1. The van der Waals surface area contributed by atoms with Gasteiger partial charge in [-0.15, -0.1) is 0 Å². The highest BCUT2D eigenvalue weighted by atomic mass is 16.5. The quantitative estimate of drug-likeness (QED) is 0.111. The molecule has 2 atom stereocenters. The number of piperidine rings is 1. The number of hydrogen-bond acceptors (Lipinski definition) is 12. The number of carbonyl (C=O) groups excluding carboxylic acids is 3. The minimum atomic E-state index is -0.412. The Labute approximate surface area is 354 Å². The molecule has 0 bridgehead atoms. The maximum absolute atomic E-state index is 12.9. The van der Waals surface area contributed by atoms with Crippen molar-refractivity contribution in [3.8, 4) is 22.5 Å². The van der Waals surface area contributed by atoms with E-state index in [0.717, 1.165) is 95.2 Å². The molecule has 3 amide bonds. The number of benzene rings is 2. The van der Waals surface area contributed by atoms with Crippen LogP contribution in [-0.2, 0) is 15.0 Å². The number of aromatic amines is 1. The number of aromatic nitrogens is 6. The zero-order valence-corrected chi connectivity index (χ0v) is 35.2. The molecule has 0 spiro atoms. The Kier molecular flexibility index (Phi) is 10.6. The molecule has 3 aliphatic rings. The molecule has 314 valence electrons. The summed E-state index contributed by atoms with van der Waals surface area (Å²) in [6.07, 6.45) is 6.68. The number of aryl methyl sites for hydroxylation is 1. The van der Waals surface area contributed by atoms with Gasteiger partial charge in [0.15, 0.2) is 5.82 Å². The summed E-state index contributed by atoms with van der Waals surface area (Å²) in [5, 5.41) is 13.6. The van der Waals surface area contributed by atoms with Crippen LogP contribution >= 0.6 is 0 Å². The second-order valence-corrected chi connectivity index (χ2v) is 17.6. The van der Waals surface area contributed by atoms with Crippen LogP contribution in [-0.4, -0.2) is 91.0 Å². The standard InChI is InChI=1S/C46H51N11O4/c1-26-20-29(8-12-34(26)27(2)50-43(60)44-54-45(55-61-44)46(3,4)5)40-35-23-37(52-41(35)49-25-48-40)30-9-14-38(47-24-30)57-18-16-56(17-19-57)33-21-31(22-33)28-6-10-32(11-7-28)51-36-13-15-39(58)53-42(36)59/h6-12,14,20,23-25,27,31,33,36,51H,13,15-19,21-22H2,1-5H3,(H,50,60)(H,48,49,52)(H,53,58,59)/t27-,31?,33?,36?/m1/s1. The molecule has 61 heavy (non-hydrogen) atoms. The number of piperazine rings is 1. The molecule has 1 saturated carbocycles. The van der Waals surface area contributed by atoms with E-state index < -0.39 is 5.91 Å². The van der Waals surface area contributed by atoms with Crippen molar-refractivity contribution in [2.75, 3.05) is 36.4 Å². The number of imide groups is 1. The van der Waals surface area contributed by atoms with Crippen LogP contribution in [0.1, 0.15) is 98.5 Å². The summed E-state index contributed by atoms with van der Waals surface area (Å²) >= 11 is 0. The topological polar surface area (TPSA) is 187 Å². The largest absolute Gasteiger partial charge is 0.374 e. The van der Waals surface area contributed by atoms with Crippen LogP contribution in [0.5, 0.6) is 0 Å². The normalized spacial score (nSPS) is 20.3. The molecule has 9 rings (SSSR count). The number of anilines is 2. The molecule has 15 nitrogen and oxygen atoms in total. The lowest BCUT2D eigenvalue weighted by molar-refractivity contribution is -0.133. The van der Waals surface area contributed by atoms with Crippen LogP contribution in [0.4, 0.5) is 11.5 Å². The highest BCUT2D eigenvalue weighted by molar-refractivity contribution is 6.01. The molecule has 6 aromatic rings. The van der Waals surface area contributed by atoms with Crippen molar-refractivity contribution in [2.24, 2.45) is 0 Å². The van der Waals surface area contributed by atoms with Gasteiger partial charge in [0, 0.05) is 78.1 Å². The fraction of sp³-hybridized carbons (Fsp3) is 0.391. The number of amides is 3. The summed E-state index contributed by atoms with van der Waals surface area (Å²) in [6, 6.07) is 20.8. The van der Waals surface area contributed by atoms with Crippen LogP contribution in [0, 0.1) is 6.92 Å². The third-order valence-corrected chi connectivity index (χ3v) is 12.4. The van der Waals surface area contributed by atoms with Crippen molar-refractivity contribution in [1.82, 2.24) is 45.6 Å². The molecule has 6 heterocycles. The van der Waals surface area contributed by atoms with Crippen molar-refractivity contribution < 1.29 is 18.9 Å². The SMILES string of the molecule is Cc1cc(-c2ncnc3[nH]c(-c4ccc(N5CCN(C6CC(c7ccc(NC8CCC(=O)NC8=O)cc7)C6)CC5)nc4)cc23)ccc1[C@@H](C)NC(=O)c1nc(C(C)(C)C)no1. The Balaban J connectivity index is 0.783. The van der Waals surface area contributed by atoms with Gasteiger partial charge in [-0.05, 0) is 92.1 Å². The molecule has 2 saturated heterocycles. The van der Waals surface area contributed by atoms with E-state index in [4.69, 9.17) is 9.51 Å². The van der Waals surface area contributed by atoms with Gasteiger partial charge in [0.05, 0.1) is 11.7 Å². The monoisotopic (exact) mass is 821 g/mol. The summed E-state index contributed by atoms with van der Waals surface area (Å²) < 4.78 is 5.24. The first kappa shape index (κ1) is 40.0. The van der Waals surface area contributed by atoms with Crippen molar-refractivity contribution in [1.29, 1.82) is 0 Å². The summed E-state index contributed by atoms with van der Waals surface area (Å²) in [7, 11) is 0. The van der Waals surface area contributed by atoms with E-state index in [-0.39, 0.29) is 35.2 Å². The van der Waals surface area contributed by atoms with E-state index in [2.05, 4.69) is 87.2 Å². The number of H-pyrrole nitrogens is 1. The smallest absolute Gasteiger partial charge is 0.315 e. The zero-order chi connectivity index (χ0) is 42.4. The minimum absolute atomic E-state index is 0.0508. The summed E-state index contributed by atoms with van der Waals surface area (Å²) in [5.41, 5.74) is 8.29. The van der Waals surface area contributed by atoms with Crippen LogP contribution in [0.25, 0.3) is 33.5 Å². The van der Waals surface area contributed by atoms with Gasteiger partial charge in [0.1, 0.15) is 23.8 Å². The maximum Gasteiger partial charge on any atom is 0.315 e. The molecule has 4 N–H and O–H groups in total. The van der Waals surface area contributed by atoms with Gasteiger partial charge in [-0.1, -0.05) is 50.2 Å². The number of rotatable bonds is 10. The van der Waals surface area contributed by atoms with Crippen LogP contribution in [0.3, 0.4) is 0 Å². The Bertz CT molecular complexity index is 2580. The first-order valence-electron chi connectivity index (χ1n) is 21.1. The summed E-state index contributed by atoms with van der Waals surface area (Å²) in [6.45, 7) is 13.7. The van der Waals surface area contributed by atoms with Gasteiger partial charge >= 0.3 is 11.8 Å². The number of pyridine rings is 1. The van der Waals surface area contributed by atoms with E-state index in [1.54, 1.807) is 6.33 Å². The highest BCUT2D eigenvalue weighted by Crippen LogP contribution is 2.41. The van der Waals surface area contributed by atoms with E-state index in [1.165, 1.54) is 5.56 Å². The average molecular weight is 822 g/mol. The second kappa shape index (κ2) is 16.2. The van der Waals surface area contributed by atoms with Crippen molar-refractivity contribution in [2.45, 2.75) is 89.8 Å². The third-order valence-electron chi connectivity index (χ3n) is 12.4. The lowest BCUT2D eigenvalue weighted by atomic mass is 9.75. The molecular weight excluding hydrogens is 771 g/mol. The number of nitrogens with zero attached hydrogens (tertiary/aromatic N) is 7. The fourth-order valence-corrected chi connectivity index (χ4v) is 8.68. The van der Waals surface area contributed by atoms with Crippen molar-refractivity contribution in [3.63, 3.8) is 0 Å². The predicted octanol–water partition coefficient (Wildman–Crippen LogP) is 6.45. The molecular formula is C46H51N11O4. The minimum Gasteiger partial charge on any atom is -0.374 e. The molecule has 2 aromatic carbocycles. The van der Waals surface area contributed by atoms with E-state index in [0.29, 0.717) is 30.6 Å². The summed E-state index contributed by atoms with van der Waals surface area (Å²) in [5.74, 6) is 1.08. The van der Waals surface area contributed by atoms with E-state index in [1.807, 2.05) is 65.1 Å². The molecule has 1 unspecified atom stereocenters. The van der Waals surface area contributed by atoms with Gasteiger partial charge in [0.25, 0.3) is 0 Å². The van der Waals surface area contributed by atoms with Gasteiger partial charge in [-0.3, -0.25) is 24.6 Å². The van der Waals surface area contributed by atoms with Crippen molar-refractivity contribution in [3.05, 3.63) is 102 Å². The van der Waals surface area contributed by atoms with E-state index >= 15 is 0 Å².